The van der Waals surface area contributed by atoms with Crippen molar-refractivity contribution in [1.29, 1.82) is 0 Å². The molecule has 0 bridgehead atoms. The molecule has 1 saturated heterocycles. The van der Waals surface area contributed by atoms with E-state index in [1.807, 2.05) is 4.90 Å². The smallest absolute Gasteiger partial charge is 0.274 e. The summed E-state index contributed by atoms with van der Waals surface area (Å²) in [5.41, 5.74) is 0.417. The molecule has 2 atom stereocenters. The second-order valence-electron chi connectivity index (χ2n) is 4.77. The van der Waals surface area contributed by atoms with Gasteiger partial charge in [0, 0.05) is 24.3 Å². The number of nitrogens with zero attached hydrogens (tertiary/aromatic N) is 2. The van der Waals surface area contributed by atoms with Crippen LogP contribution in [0.15, 0.2) is 18.2 Å². The molecule has 1 aromatic rings. The highest BCUT2D eigenvalue weighted by atomic mass is 19.1. The average Bonchev–Trinajstić information content (AvgIpc) is 2.57. The van der Waals surface area contributed by atoms with Crippen molar-refractivity contribution in [2.75, 3.05) is 11.4 Å². The monoisotopic (exact) mass is 238 g/mol. The SMILES string of the molecule is CC1CC(C)N(c2cc(F)cc([N+](=O)[O-])c2)C1. The molecule has 5 heteroatoms. The average molecular weight is 238 g/mol. The van der Waals surface area contributed by atoms with Crippen LogP contribution in [0.5, 0.6) is 0 Å². The number of anilines is 1. The molecule has 2 rings (SSSR count). The highest BCUT2D eigenvalue weighted by Crippen LogP contribution is 2.31. The lowest BCUT2D eigenvalue weighted by molar-refractivity contribution is -0.385. The lowest BCUT2D eigenvalue weighted by Gasteiger charge is -2.23. The first-order chi connectivity index (χ1) is 7.97. The molecule has 1 aromatic carbocycles. The van der Waals surface area contributed by atoms with E-state index in [1.165, 1.54) is 12.1 Å². The summed E-state index contributed by atoms with van der Waals surface area (Å²) in [6.07, 6.45) is 1.03. The lowest BCUT2D eigenvalue weighted by Crippen LogP contribution is -2.26. The molecule has 1 heterocycles. The second-order valence-corrected chi connectivity index (χ2v) is 4.77. The van der Waals surface area contributed by atoms with Crippen molar-refractivity contribution in [3.63, 3.8) is 0 Å². The highest BCUT2D eigenvalue weighted by Gasteiger charge is 2.27. The van der Waals surface area contributed by atoms with E-state index in [1.54, 1.807) is 0 Å². The molecule has 0 saturated carbocycles. The van der Waals surface area contributed by atoms with Gasteiger partial charge in [0.2, 0.25) is 0 Å². The molecule has 2 unspecified atom stereocenters. The van der Waals surface area contributed by atoms with Crippen LogP contribution >= 0.6 is 0 Å². The van der Waals surface area contributed by atoms with Crippen molar-refractivity contribution >= 4 is 11.4 Å². The Hall–Kier alpha value is -1.65. The van der Waals surface area contributed by atoms with Gasteiger partial charge in [0.1, 0.15) is 5.82 Å². The van der Waals surface area contributed by atoms with Crippen molar-refractivity contribution in [3.8, 4) is 0 Å². The van der Waals surface area contributed by atoms with Crippen LogP contribution in [0.25, 0.3) is 0 Å². The number of nitro benzene ring substituents is 1. The summed E-state index contributed by atoms with van der Waals surface area (Å²) in [4.78, 5) is 12.2. The Kier molecular flexibility index (Phi) is 3.00. The Morgan fingerprint density at radius 2 is 2.12 bits per heavy atom. The number of nitro groups is 1. The van der Waals surface area contributed by atoms with Crippen LogP contribution in [-0.4, -0.2) is 17.5 Å². The summed E-state index contributed by atoms with van der Waals surface area (Å²) in [5, 5.41) is 10.7. The molecule has 0 aromatic heterocycles. The standard InChI is InChI=1S/C12H15FN2O2/c1-8-3-9(2)14(7-8)11-4-10(13)5-12(6-11)15(16)17/h4-6,8-9H,3,7H2,1-2H3. The molecule has 1 aliphatic rings. The van der Waals surface area contributed by atoms with E-state index < -0.39 is 10.7 Å². The fourth-order valence-corrected chi connectivity index (χ4v) is 2.49. The summed E-state index contributed by atoms with van der Waals surface area (Å²) in [7, 11) is 0. The zero-order chi connectivity index (χ0) is 12.6. The van der Waals surface area contributed by atoms with Crippen LogP contribution in [0, 0.1) is 21.8 Å². The van der Waals surface area contributed by atoms with Crippen molar-refractivity contribution in [2.45, 2.75) is 26.3 Å². The summed E-state index contributed by atoms with van der Waals surface area (Å²) < 4.78 is 13.3. The third kappa shape index (κ3) is 2.38. The van der Waals surface area contributed by atoms with E-state index >= 15 is 0 Å². The summed E-state index contributed by atoms with van der Waals surface area (Å²) in [6, 6.07) is 4.05. The Morgan fingerprint density at radius 1 is 1.41 bits per heavy atom. The van der Waals surface area contributed by atoms with E-state index in [2.05, 4.69) is 13.8 Å². The molecule has 0 amide bonds. The summed E-state index contributed by atoms with van der Waals surface area (Å²) in [6.45, 7) is 5.01. The third-order valence-corrected chi connectivity index (χ3v) is 3.19. The topological polar surface area (TPSA) is 46.4 Å². The molecule has 92 valence electrons. The van der Waals surface area contributed by atoms with E-state index in [0.717, 1.165) is 19.0 Å². The van der Waals surface area contributed by atoms with Gasteiger partial charge in [-0.25, -0.2) is 4.39 Å². The minimum Gasteiger partial charge on any atom is -0.368 e. The highest BCUT2D eigenvalue weighted by molar-refractivity contribution is 5.55. The lowest BCUT2D eigenvalue weighted by atomic mass is 10.1. The maximum Gasteiger partial charge on any atom is 0.274 e. The number of hydrogen-bond acceptors (Lipinski definition) is 3. The van der Waals surface area contributed by atoms with Crippen molar-refractivity contribution in [1.82, 2.24) is 0 Å². The molecular formula is C12H15FN2O2. The van der Waals surface area contributed by atoms with Crippen LogP contribution in [-0.2, 0) is 0 Å². The Morgan fingerprint density at radius 3 is 2.65 bits per heavy atom. The maximum atomic E-state index is 13.3. The predicted molar refractivity (Wildman–Crippen MR) is 63.6 cm³/mol. The molecule has 0 N–H and O–H groups in total. The van der Waals surface area contributed by atoms with Crippen molar-refractivity contribution in [2.24, 2.45) is 5.92 Å². The molecule has 1 fully saturated rings. The van der Waals surface area contributed by atoms with Gasteiger partial charge in [-0.2, -0.15) is 0 Å². The van der Waals surface area contributed by atoms with Gasteiger partial charge < -0.3 is 4.90 Å². The minimum atomic E-state index is -0.559. The number of hydrogen-bond donors (Lipinski definition) is 0. The normalized spacial score (nSPS) is 24.1. The Labute approximate surface area is 99.2 Å². The van der Waals surface area contributed by atoms with Gasteiger partial charge >= 0.3 is 0 Å². The van der Waals surface area contributed by atoms with Gasteiger partial charge in [0.15, 0.2) is 0 Å². The van der Waals surface area contributed by atoms with Gasteiger partial charge in [0.25, 0.3) is 5.69 Å². The van der Waals surface area contributed by atoms with Gasteiger partial charge in [-0.05, 0) is 25.3 Å². The first-order valence-corrected chi connectivity index (χ1v) is 5.69. The van der Waals surface area contributed by atoms with Crippen molar-refractivity contribution in [3.05, 3.63) is 34.1 Å². The molecule has 0 spiro atoms. The fraction of sp³-hybridized carbons (Fsp3) is 0.500. The van der Waals surface area contributed by atoms with E-state index in [-0.39, 0.29) is 5.69 Å². The first kappa shape index (κ1) is 11.8. The number of benzene rings is 1. The van der Waals surface area contributed by atoms with Gasteiger partial charge in [-0.1, -0.05) is 6.92 Å². The van der Waals surface area contributed by atoms with E-state index in [4.69, 9.17) is 0 Å². The van der Waals surface area contributed by atoms with Gasteiger partial charge in [-0.3, -0.25) is 10.1 Å². The van der Waals surface area contributed by atoms with Crippen LogP contribution < -0.4 is 4.90 Å². The molecule has 0 radical (unpaired) electrons. The molecule has 0 aliphatic carbocycles. The fourth-order valence-electron chi connectivity index (χ4n) is 2.49. The third-order valence-electron chi connectivity index (χ3n) is 3.19. The zero-order valence-corrected chi connectivity index (χ0v) is 9.89. The molecular weight excluding hydrogens is 223 g/mol. The van der Waals surface area contributed by atoms with Crippen LogP contribution in [0.2, 0.25) is 0 Å². The summed E-state index contributed by atoms with van der Waals surface area (Å²) >= 11 is 0. The number of rotatable bonds is 2. The maximum absolute atomic E-state index is 13.3. The zero-order valence-electron chi connectivity index (χ0n) is 9.89. The van der Waals surface area contributed by atoms with Gasteiger partial charge in [-0.15, -0.1) is 0 Å². The second kappa shape index (κ2) is 4.31. The quantitative estimate of drug-likeness (QED) is 0.587. The molecule has 17 heavy (non-hydrogen) atoms. The van der Waals surface area contributed by atoms with Gasteiger partial charge in [0.05, 0.1) is 11.0 Å². The van der Waals surface area contributed by atoms with E-state index in [0.29, 0.717) is 17.6 Å². The number of non-ortho nitro benzene ring substituents is 1. The Balaban J connectivity index is 2.35. The van der Waals surface area contributed by atoms with Crippen LogP contribution in [0.3, 0.4) is 0 Å². The predicted octanol–water partition coefficient (Wildman–Crippen LogP) is 2.97. The van der Waals surface area contributed by atoms with Crippen LogP contribution in [0.4, 0.5) is 15.8 Å². The van der Waals surface area contributed by atoms with Crippen molar-refractivity contribution < 1.29 is 9.31 Å². The molecule has 1 aliphatic heterocycles. The first-order valence-electron chi connectivity index (χ1n) is 5.69. The number of halogens is 1. The Bertz CT molecular complexity index is 450. The molecule has 4 nitrogen and oxygen atoms in total. The van der Waals surface area contributed by atoms with E-state index in [9.17, 15) is 14.5 Å². The van der Waals surface area contributed by atoms with Crippen LogP contribution in [0.1, 0.15) is 20.3 Å². The summed E-state index contributed by atoms with van der Waals surface area (Å²) in [5.74, 6) is -0.0201. The largest absolute Gasteiger partial charge is 0.368 e. The minimum absolute atomic E-state index is 0.188.